The van der Waals surface area contributed by atoms with Gasteiger partial charge in [0, 0.05) is 13.1 Å². The number of aliphatic imine (C=N–C) groups is 1. The van der Waals surface area contributed by atoms with Crippen LogP contribution >= 0.6 is 11.3 Å². The number of aromatic nitrogens is 1. The number of amides is 3. The number of nitrogens with zero attached hydrogens (tertiary/aromatic N) is 4. The van der Waals surface area contributed by atoms with E-state index in [-0.39, 0.29) is 54.1 Å². The van der Waals surface area contributed by atoms with Crippen LogP contribution in [0.2, 0.25) is 0 Å². The van der Waals surface area contributed by atoms with Crippen molar-refractivity contribution < 1.29 is 41.9 Å². The summed E-state index contributed by atoms with van der Waals surface area (Å²) < 4.78 is 40.2. The molecule has 2 heterocycles. The highest BCUT2D eigenvalue weighted by atomic mass is 32.2. The van der Waals surface area contributed by atoms with Crippen LogP contribution in [0, 0.1) is 12.8 Å². The molecule has 1 aliphatic carbocycles. The van der Waals surface area contributed by atoms with E-state index in [2.05, 4.69) is 20.0 Å². The van der Waals surface area contributed by atoms with Gasteiger partial charge in [-0.15, -0.1) is 11.3 Å². The Kier molecular flexibility index (Phi) is 16.3. The van der Waals surface area contributed by atoms with Crippen LogP contribution in [-0.4, -0.2) is 108 Å². The minimum Gasteiger partial charge on any atom is -0.459 e. The molecule has 1 saturated carbocycles. The standard InChI is InChI=1S/C45H63N7O9S2/c1-29-21-23-31(24-22-29)63(58,59)50-42(46)47-25-13-18-33(38(54)40-49-32-17-11-12-20-36(32)62-40)48-39(55)34-19-14-26-51(34)41(56)35(27-30-15-9-8-10-16-30)52(43(57)61-45(5,6)7)28-37(53)60-44(2,3)4/h11-12,17,20-24,30,33-35H,8-10,13-16,18-19,25-28H2,1-7H3,(H,48,55)(H3,46,47,50)/t33-,34-,35+/m0/s1. The number of sulfonamides is 1. The summed E-state index contributed by atoms with van der Waals surface area (Å²) in [5.74, 6) is -2.40. The number of hydrogen-bond acceptors (Lipinski definition) is 12. The highest BCUT2D eigenvalue weighted by Crippen LogP contribution is 2.32. The molecule has 0 radical (unpaired) electrons. The molecule has 0 unspecified atom stereocenters. The summed E-state index contributed by atoms with van der Waals surface area (Å²) in [7, 11) is -3.98. The number of para-hydroxylation sites is 1. The van der Waals surface area contributed by atoms with Crippen molar-refractivity contribution in [1.82, 2.24) is 24.8 Å². The van der Waals surface area contributed by atoms with Crippen molar-refractivity contribution in [3.8, 4) is 0 Å². The van der Waals surface area contributed by atoms with E-state index in [1.165, 1.54) is 28.4 Å². The fourth-order valence-corrected chi connectivity index (χ4v) is 9.75. The number of benzene rings is 2. The van der Waals surface area contributed by atoms with Gasteiger partial charge in [0.15, 0.2) is 5.01 Å². The summed E-state index contributed by atoms with van der Waals surface area (Å²) in [6, 6.07) is 10.4. The molecule has 2 aromatic carbocycles. The molecule has 3 amide bonds. The molecule has 16 nitrogen and oxygen atoms in total. The van der Waals surface area contributed by atoms with Crippen LogP contribution < -0.4 is 15.8 Å². The Morgan fingerprint density at radius 3 is 2.25 bits per heavy atom. The number of nitrogens with two attached hydrogens (primary N) is 1. The van der Waals surface area contributed by atoms with E-state index >= 15 is 0 Å². The first-order valence-corrected chi connectivity index (χ1v) is 24.0. The van der Waals surface area contributed by atoms with Gasteiger partial charge in [0.25, 0.3) is 10.0 Å². The number of ether oxygens (including phenoxy) is 2. The van der Waals surface area contributed by atoms with E-state index in [1.807, 2.05) is 25.1 Å². The highest BCUT2D eigenvalue weighted by molar-refractivity contribution is 7.90. The second-order valence-electron chi connectivity index (χ2n) is 18.4. The van der Waals surface area contributed by atoms with Gasteiger partial charge in [0.05, 0.1) is 21.2 Å². The average molecular weight is 910 g/mol. The third-order valence-corrected chi connectivity index (χ3v) is 13.2. The Balaban J connectivity index is 1.38. The average Bonchev–Trinajstić information content (AvgIpc) is 3.87. The van der Waals surface area contributed by atoms with Crippen molar-refractivity contribution in [2.45, 2.75) is 147 Å². The van der Waals surface area contributed by atoms with Gasteiger partial charge >= 0.3 is 12.1 Å². The first kappa shape index (κ1) is 48.9. The predicted molar refractivity (Wildman–Crippen MR) is 242 cm³/mol. The Morgan fingerprint density at radius 2 is 1.60 bits per heavy atom. The smallest absolute Gasteiger partial charge is 0.411 e. The van der Waals surface area contributed by atoms with Gasteiger partial charge in [-0.05, 0) is 111 Å². The number of Topliss-reactive ketones (excluding diaryl/α,β-unsaturated/α-hetero) is 1. The minimum atomic E-state index is -3.98. The number of likely N-dealkylation sites (tertiary alicyclic amines) is 1. The van der Waals surface area contributed by atoms with Gasteiger partial charge in [-0.2, -0.15) is 0 Å². The third-order valence-electron chi connectivity index (χ3n) is 10.8. The van der Waals surface area contributed by atoms with Gasteiger partial charge in [-0.1, -0.05) is 61.9 Å². The van der Waals surface area contributed by atoms with Crippen molar-refractivity contribution in [2.75, 3.05) is 19.6 Å². The molecular weight excluding hydrogens is 847 g/mol. The van der Waals surface area contributed by atoms with E-state index in [1.54, 1.807) is 59.7 Å². The molecule has 1 saturated heterocycles. The van der Waals surface area contributed by atoms with Crippen molar-refractivity contribution in [2.24, 2.45) is 16.6 Å². The summed E-state index contributed by atoms with van der Waals surface area (Å²) in [5, 5.41) is 3.11. The van der Waals surface area contributed by atoms with Crippen LogP contribution in [0.25, 0.3) is 10.2 Å². The van der Waals surface area contributed by atoms with Gasteiger partial charge in [-0.25, -0.2) is 22.9 Å². The minimum absolute atomic E-state index is 0.0239. The Labute approximate surface area is 374 Å². The normalized spacial score (nSPS) is 17.5. The third kappa shape index (κ3) is 14.2. The molecule has 18 heteroatoms. The lowest BCUT2D eigenvalue weighted by molar-refractivity contribution is -0.158. The Bertz CT molecular complexity index is 2210. The molecule has 344 valence electrons. The van der Waals surface area contributed by atoms with Gasteiger partial charge in [0.2, 0.25) is 23.6 Å². The lowest BCUT2D eigenvalue weighted by Gasteiger charge is -2.38. The molecule has 1 aliphatic heterocycles. The number of aryl methyl sites for hydroxylation is 1. The zero-order chi connectivity index (χ0) is 46.1. The molecule has 2 fully saturated rings. The lowest BCUT2D eigenvalue weighted by Crippen LogP contribution is -2.58. The zero-order valence-corrected chi connectivity index (χ0v) is 39.1. The van der Waals surface area contributed by atoms with E-state index in [0.29, 0.717) is 18.4 Å². The summed E-state index contributed by atoms with van der Waals surface area (Å²) >= 11 is 1.20. The molecule has 1 aromatic heterocycles. The highest BCUT2D eigenvalue weighted by Gasteiger charge is 2.44. The van der Waals surface area contributed by atoms with Gasteiger partial charge in [0.1, 0.15) is 29.8 Å². The van der Waals surface area contributed by atoms with Crippen LogP contribution in [0.3, 0.4) is 0 Å². The topological polar surface area (TPSA) is 220 Å². The molecule has 63 heavy (non-hydrogen) atoms. The number of esters is 1. The van der Waals surface area contributed by atoms with Crippen LogP contribution in [0.5, 0.6) is 0 Å². The first-order chi connectivity index (χ1) is 29.6. The van der Waals surface area contributed by atoms with E-state index in [9.17, 15) is 32.4 Å². The monoisotopic (exact) mass is 909 g/mol. The number of nitrogens with one attached hydrogen (secondary N) is 2. The maximum absolute atomic E-state index is 14.9. The molecule has 3 atom stereocenters. The number of guanidine groups is 1. The lowest BCUT2D eigenvalue weighted by atomic mass is 9.84. The molecular formula is C45H63N7O9S2. The fraction of sp³-hybridized carbons (Fsp3) is 0.578. The van der Waals surface area contributed by atoms with Gasteiger partial charge < -0.3 is 25.4 Å². The van der Waals surface area contributed by atoms with E-state index in [4.69, 9.17) is 15.2 Å². The summed E-state index contributed by atoms with van der Waals surface area (Å²) in [5.41, 5.74) is 5.71. The first-order valence-electron chi connectivity index (χ1n) is 21.7. The van der Waals surface area contributed by atoms with Crippen molar-refractivity contribution in [3.05, 3.63) is 59.1 Å². The quantitative estimate of drug-likeness (QED) is 0.0479. The molecule has 0 spiro atoms. The number of hydrogen-bond donors (Lipinski definition) is 3. The second kappa shape index (κ2) is 21.1. The van der Waals surface area contributed by atoms with Crippen molar-refractivity contribution in [1.29, 1.82) is 0 Å². The van der Waals surface area contributed by atoms with Crippen molar-refractivity contribution >= 4 is 67.2 Å². The number of carbonyl (C=O) groups excluding carboxylic acids is 5. The van der Waals surface area contributed by atoms with Crippen LogP contribution in [0.15, 0.2) is 58.4 Å². The molecule has 4 N–H and O–H groups in total. The maximum atomic E-state index is 14.9. The maximum Gasteiger partial charge on any atom is 0.411 e. The Morgan fingerprint density at radius 1 is 0.937 bits per heavy atom. The van der Waals surface area contributed by atoms with E-state index in [0.717, 1.165) is 47.3 Å². The van der Waals surface area contributed by atoms with Crippen LogP contribution in [0.1, 0.15) is 121 Å². The number of thiazole rings is 1. The van der Waals surface area contributed by atoms with Crippen LogP contribution in [0.4, 0.5) is 4.79 Å². The summed E-state index contributed by atoms with van der Waals surface area (Å²) in [6.45, 7) is 11.8. The fourth-order valence-electron chi connectivity index (χ4n) is 7.83. The van der Waals surface area contributed by atoms with Crippen LogP contribution in [-0.2, 0) is 33.9 Å². The molecule has 5 rings (SSSR count). The van der Waals surface area contributed by atoms with E-state index < -0.39 is 75.6 Å². The van der Waals surface area contributed by atoms with Gasteiger partial charge in [-0.3, -0.25) is 29.1 Å². The number of ketones is 1. The largest absolute Gasteiger partial charge is 0.459 e. The number of rotatable bonds is 16. The second-order valence-corrected chi connectivity index (χ2v) is 21.1. The van der Waals surface area contributed by atoms with Crippen molar-refractivity contribution in [3.63, 3.8) is 0 Å². The Hall–Kier alpha value is -5.10. The predicted octanol–water partition coefficient (Wildman–Crippen LogP) is 6.25. The molecule has 2 aliphatic rings. The molecule has 0 bridgehead atoms. The summed E-state index contributed by atoms with van der Waals surface area (Å²) in [4.78, 5) is 82.2. The zero-order valence-electron chi connectivity index (χ0n) is 37.5. The summed E-state index contributed by atoms with van der Waals surface area (Å²) in [6.07, 6.45) is 5.27. The molecule has 3 aromatic rings. The number of fused-ring (bicyclic) bond motifs is 1. The SMILES string of the molecule is Cc1ccc(S(=O)(=O)NC(N)=NCCC[C@H](NC(=O)[C@@H]2CCCN2C(=O)[C@@H](CC2CCCCC2)N(CC(=O)OC(C)(C)C)C(=O)OC(C)(C)C)C(=O)c2nc3ccccc3s2)cc1. The number of carbonyl (C=O) groups is 5.